The predicted molar refractivity (Wildman–Crippen MR) is 101 cm³/mol. The summed E-state index contributed by atoms with van der Waals surface area (Å²) in [6.07, 6.45) is 0. The smallest absolute Gasteiger partial charge is 0.355 e. The van der Waals surface area contributed by atoms with E-state index in [0.717, 1.165) is 0 Å². The van der Waals surface area contributed by atoms with E-state index in [1.807, 2.05) is 0 Å². The number of ether oxygens (including phenoxy) is 4. The van der Waals surface area contributed by atoms with Crippen LogP contribution in [0.15, 0.2) is 42.5 Å². The van der Waals surface area contributed by atoms with Crippen LogP contribution in [0.4, 0.5) is 0 Å². The Bertz CT molecular complexity index is 854. The minimum absolute atomic E-state index is 0.0268. The molecule has 0 aliphatic heterocycles. The van der Waals surface area contributed by atoms with E-state index in [9.17, 15) is 14.4 Å². The summed E-state index contributed by atoms with van der Waals surface area (Å²) in [4.78, 5) is 36.3. The highest BCUT2D eigenvalue weighted by molar-refractivity contribution is 6.30. The summed E-state index contributed by atoms with van der Waals surface area (Å²) < 4.78 is 20.3. The number of rotatable bonds is 6. The summed E-state index contributed by atoms with van der Waals surface area (Å²) in [5.74, 6) is -1.73. The maximum atomic E-state index is 12.6. The second-order valence-corrected chi connectivity index (χ2v) is 6.62. The zero-order valence-electron chi connectivity index (χ0n) is 15.8. The van der Waals surface area contributed by atoms with Crippen molar-refractivity contribution in [2.75, 3.05) is 14.2 Å². The Balaban J connectivity index is 2.26. The standard InChI is InChI=1S/C20H19ClO7/c1-20(2,28-15-7-5-14(21)6-8-15)19(24)27-16-10-12(17(22)25-3)9-13(11-16)18(23)26-4/h5-11H,1-4H3. The summed E-state index contributed by atoms with van der Waals surface area (Å²) in [6, 6.07) is 10.3. The van der Waals surface area contributed by atoms with Crippen molar-refractivity contribution in [2.24, 2.45) is 0 Å². The van der Waals surface area contributed by atoms with Crippen LogP contribution < -0.4 is 9.47 Å². The molecule has 0 heterocycles. The molecular formula is C20H19ClO7. The van der Waals surface area contributed by atoms with Gasteiger partial charge >= 0.3 is 17.9 Å². The first-order valence-electron chi connectivity index (χ1n) is 8.15. The Hall–Kier alpha value is -3.06. The summed E-state index contributed by atoms with van der Waals surface area (Å²) in [6.45, 7) is 3.05. The topological polar surface area (TPSA) is 88.1 Å². The molecule has 0 N–H and O–H groups in total. The third-order valence-corrected chi connectivity index (χ3v) is 3.89. The van der Waals surface area contributed by atoms with Gasteiger partial charge in [-0.15, -0.1) is 0 Å². The van der Waals surface area contributed by atoms with Crippen molar-refractivity contribution in [3.63, 3.8) is 0 Å². The fraction of sp³-hybridized carbons (Fsp3) is 0.250. The second-order valence-electron chi connectivity index (χ2n) is 6.19. The molecule has 0 saturated carbocycles. The van der Waals surface area contributed by atoms with Gasteiger partial charge in [0.2, 0.25) is 5.60 Å². The van der Waals surface area contributed by atoms with Gasteiger partial charge in [0, 0.05) is 5.02 Å². The second kappa shape index (κ2) is 8.75. The van der Waals surface area contributed by atoms with Crippen molar-refractivity contribution in [1.29, 1.82) is 0 Å². The molecule has 0 amide bonds. The highest BCUT2D eigenvalue weighted by Crippen LogP contribution is 2.24. The van der Waals surface area contributed by atoms with E-state index >= 15 is 0 Å². The average molecular weight is 407 g/mol. The molecule has 0 aliphatic rings. The predicted octanol–water partition coefficient (Wildman–Crippen LogP) is 3.68. The van der Waals surface area contributed by atoms with Crippen LogP contribution in [0.25, 0.3) is 0 Å². The maximum absolute atomic E-state index is 12.6. The molecule has 0 bridgehead atoms. The monoisotopic (exact) mass is 406 g/mol. The SMILES string of the molecule is COC(=O)c1cc(OC(=O)C(C)(C)Oc2ccc(Cl)cc2)cc(C(=O)OC)c1. The molecule has 0 fully saturated rings. The van der Waals surface area contributed by atoms with E-state index in [2.05, 4.69) is 9.47 Å². The van der Waals surface area contributed by atoms with Crippen molar-refractivity contribution in [2.45, 2.75) is 19.4 Å². The Labute approximate surface area is 167 Å². The maximum Gasteiger partial charge on any atom is 0.355 e. The summed E-state index contributed by atoms with van der Waals surface area (Å²) in [5, 5.41) is 0.530. The minimum Gasteiger partial charge on any atom is -0.476 e. The van der Waals surface area contributed by atoms with E-state index in [0.29, 0.717) is 10.8 Å². The van der Waals surface area contributed by atoms with Gasteiger partial charge in [0.15, 0.2) is 0 Å². The quantitative estimate of drug-likeness (QED) is 0.534. The Morgan fingerprint density at radius 2 is 1.32 bits per heavy atom. The number of methoxy groups -OCH3 is 2. The van der Waals surface area contributed by atoms with Crippen LogP contribution in [-0.2, 0) is 14.3 Å². The van der Waals surface area contributed by atoms with Gasteiger partial charge in [-0.2, -0.15) is 0 Å². The summed E-state index contributed by atoms with van der Waals surface area (Å²) in [5.41, 5.74) is -1.30. The Morgan fingerprint density at radius 1 is 0.821 bits per heavy atom. The van der Waals surface area contributed by atoms with Gasteiger partial charge in [-0.3, -0.25) is 0 Å². The molecule has 0 spiro atoms. The van der Waals surface area contributed by atoms with Gasteiger partial charge in [-0.05, 0) is 56.3 Å². The van der Waals surface area contributed by atoms with Crippen LogP contribution in [0.3, 0.4) is 0 Å². The first-order chi connectivity index (χ1) is 13.2. The molecule has 0 unspecified atom stereocenters. The molecule has 0 aliphatic carbocycles. The van der Waals surface area contributed by atoms with Crippen molar-refractivity contribution in [1.82, 2.24) is 0 Å². The number of carbonyl (C=O) groups excluding carboxylic acids is 3. The molecule has 8 heteroatoms. The first-order valence-corrected chi connectivity index (χ1v) is 8.52. The van der Waals surface area contributed by atoms with Crippen molar-refractivity contribution in [3.8, 4) is 11.5 Å². The van der Waals surface area contributed by atoms with Crippen LogP contribution in [0, 0.1) is 0 Å². The number of benzene rings is 2. The molecule has 0 radical (unpaired) electrons. The van der Waals surface area contributed by atoms with Gasteiger partial charge < -0.3 is 18.9 Å². The van der Waals surface area contributed by atoms with Crippen LogP contribution >= 0.6 is 11.6 Å². The normalized spacial score (nSPS) is 10.8. The van der Waals surface area contributed by atoms with Gasteiger partial charge in [0.25, 0.3) is 0 Å². The Morgan fingerprint density at radius 3 is 1.79 bits per heavy atom. The van der Waals surface area contributed by atoms with E-state index in [1.54, 1.807) is 24.3 Å². The van der Waals surface area contributed by atoms with Crippen LogP contribution in [0.5, 0.6) is 11.5 Å². The third kappa shape index (κ3) is 5.23. The molecule has 2 aromatic carbocycles. The van der Waals surface area contributed by atoms with Gasteiger partial charge in [0.05, 0.1) is 25.3 Å². The average Bonchev–Trinajstić information content (AvgIpc) is 2.67. The van der Waals surface area contributed by atoms with Crippen LogP contribution in [0.2, 0.25) is 5.02 Å². The van der Waals surface area contributed by atoms with Crippen LogP contribution in [-0.4, -0.2) is 37.7 Å². The zero-order valence-corrected chi connectivity index (χ0v) is 16.5. The lowest BCUT2D eigenvalue weighted by atomic mass is 10.1. The number of carbonyl (C=O) groups is 3. The van der Waals surface area contributed by atoms with Gasteiger partial charge in [-0.1, -0.05) is 11.6 Å². The van der Waals surface area contributed by atoms with Crippen molar-refractivity contribution < 1.29 is 33.3 Å². The Kier molecular flexibility index (Phi) is 6.64. The fourth-order valence-electron chi connectivity index (χ4n) is 2.20. The third-order valence-electron chi connectivity index (χ3n) is 3.64. The van der Waals surface area contributed by atoms with E-state index in [4.69, 9.17) is 21.1 Å². The lowest BCUT2D eigenvalue weighted by Gasteiger charge is -2.24. The van der Waals surface area contributed by atoms with Gasteiger partial charge in [-0.25, -0.2) is 14.4 Å². The zero-order chi connectivity index (χ0) is 20.9. The molecule has 7 nitrogen and oxygen atoms in total. The first kappa shape index (κ1) is 21.2. The van der Waals surface area contributed by atoms with Crippen molar-refractivity contribution >= 4 is 29.5 Å². The molecule has 2 aromatic rings. The molecule has 0 atom stereocenters. The minimum atomic E-state index is -1.36. The van der Waals surface area contributed by atoms with E-state index < -0.39 is 23.5 Å². The summed E-state index contributed by atoms with van der Waals surface area (Å²) >= 11 is 5.83. The highest BCUT2D eigenvalue weighted by Gasteiger charge is 2.33. The lowest BCUT2D eigenvalue weighted by molar-refractivity contribution is -0.149. The molecule has 2 rings (SSSR count). The number of halogens is 1. The van der Waals surface area contributed by atoms with E-state index in [-0.39, 0.29) is 16.9 Å². The molecular weight excluding hydrogens is 388 g/mol. The number of hydrogen-bond acceptors (Lipinski definition) is 7. The fourth-order valence-corrected chi connectivity index (χ4v) is 2.32. The molecule has 0 aromatic heterocycles. The van der Waals surface area contributed by atoms with E-state index in [1.165, 1.54) is 46.3 Å². The van der Waals surface area contributed by atoms with Crippen LogP contribution in [0.1, 0.15) is 34.6 Å². The molecule has 148 valence electrons. The lowest BCUT2D eigenvalue weighted by Crippen LogP contribution is -2.41. The largest absolute Gasteiger partial charge is 0.476 e. The highest BCUT2D eigenvalue weighted by atomic mass is 35.5. The molecule has 28 heavy (non-hydrogen) atoms. The van der Waals surface area contributed by atoms with Crippen molar-refractivity contribution in [3.05, 3.63) is 58.6 Å². The number of hydrogen-bond donors (Lipinski definition) is 0. The van der Waals surface area contributed by atoms with Gasteiger partial charge in [0.1, 0.15) is 11.5 Å². The summed E-state index contributed by atoms with van der Waals surface area (Å²) in [7, 11) is 2.39. The molecule has 0 saturated heterocycles. The number of esters is 3.